The number of carboxylic acid groups (broad SMARTS) is 1. The lowest BCUT2D eigenvalue weighted by molar-refractivity contribution is -0.192. The third-order valence-electron chi connectivity index (χ3n) is 5.40. The molecule has 0 spiro atoms. The molecular weight excluding hydrogens is 469 g/mol. The smallest absolute Gasteiger partial charge is 0.475 e. The van der Waals surface area contributed by atoms with E-state index >= 15 is 0 Å². The average Bonchev–Trinajstić information content (AvgIpc) is 3.28. The number of halogens is 3. The van der Waals surface area contributed by atoms with Crippen molar-refractivity contribution < 1.29 is 37.4 Å². The number of alkyl halides is 3. The van der Waals surface area contributed by atoms with E-state index in [9.17, 15) is 22.8 Å². The van der Waals surface area contributed by atoms with Gasteiger partial charge in [0.25, 0.3) is 0 Å². The monoisotopic (exact) mass is 496 g/mol. The second kappa shape index (κ2) is 12.3. The zero-order valence-corrected chi connectivity index (χ0v) is 18.7. The van der Waals surface area contributed by atoms with Crippen LogP contribution in [0.5, 0.6) is 0 Å². The summed E-state index contributed by atoms with van der Waals surface area (Å²) in [4.78, 5) is 39.1. The molecule has 0 bridgehead atoms. The van der Waals surface area contributed by atoms with Crippen molar-refractivity contribution in [1.82, 2.24) is 19.7 Å². The van der Waals surface area contributed by atoms with Crippen molar-refractivity contribution in [1.29, 1.82) is 5.26 Å². The Morgan fingerprint density at radius 2 is 1.70 bits per heavy atom. The van der Waals surface area contributed by atoms with E-state index < -0.39 is 12.1 Å². The maximum atomic E-state index is 12.5. The van der Waals surface area contributed by atoms with E-state index in [-0.39, 0.29) is 30.6 Å². The Labute approximate surface area is 193 Å². The molecule has 0 saturated carbocycles. The summed E-state index contributed by atoms with van der Waals surface area (Å²) in [5.74, 6) is 4.49. The minimum absolute atomic E-state index is 0.0670. The second-order valence-corrected chi connectivity index (χ2v) is 8.58. The van der Waals surface area contributed by atoms with Gasteiger partial charge in [0, 0.05) is 38.0 Å². The molecule has 3 aliphatic rings. The van der Waals surface area contributed by atoms with Gasteiger partial charge in [0.15, 0.2) is 0 Å². The highest BCUT2D eigenvalue weighted by atomic mass is 32.2. The summed E-state index contributed by atoms with van der Waals surface area (Å²) in [7, 11) is 0. The summed E-state index contributed by atoms with van der Waals surface area (Å²) >= 11 is 1.59. The number of morpholine rings is 1. The molecule has 0 aliphatic carbocycles. The Morgan fingerprint density at radius 3 is 2.21 bits per heavy atom. The van der Waals surface area contributed by atoms with Crippen molar-refractivity contribution >= 4 is 29.7 Å². The highest BCUT2D eigenvalue weighted by molar-refractivity contribution is 7.99. The lowest BCUT2D eigenvalue weighted by Crippen LogP contribution is -2.55. The first-order chi connectivity index (χ1) is 15.5. The molecule has 3 aliphatic heterocycles. The Bertz CT molecular complexity index is 738. The minimum atomic E-state index is -5.08. The van der Waals surface area contributed by atoms with E-state index in [1.54, 1.807) is 21.7 Å². The third kappa shape index (κ3) is 7.91. The molecule has 1 atom stereocenters. The first-order valence-corrected chi connectivity index (χ1v) is 11.4. The fraction of sp³-hybridized carbons (Fsp3) is 0.778. The fourth-order valence-electron chi connectivity index (χ4n) is 3.51. The zero-order chi connectivity index (χ0) is 24.6. The number of carbonyl (C=O) groups excluding carboxylic acids is 2. The lowest BCUT2D eigenvalue weighted by Gasteiger charge is -2.39. The first-order valence-electron chi connectivity index (χ1n) is 10.2. The number of hydrogen-bond acceptors (Lipinski definition) is 8. The topological polar surface area (TPSA) is 143 Å². The second-order valence-electron chi connectivity index (χ2n) is 7.58. The number of nitrogens with two attached hydrogens (primary N) is 1. The number of carbonyl (C=O) groups is 3. The number of nitrogens with zero attached hydrogens (tertiary/aromatic N) is 5. The van der Waals surface area contributed by atoms with Crippen molar-refractivity contribution in [3.63, 3.8) is 0 Å². The van der Waals surface area contributed by atoms with E-state index in [1.165, 1.54) is 0 Å². The number of piperidine rings is 1. The van der Waals surface area contributed by atoms with Gasteiger partial charge in [-0.2, -0.15) is 18.4 Å². The first kappa shape index (κ1) is 27.0. The quantitative estimate of drug-likeness (QED) is 0.412. The van der Waals surface area contributed by atoms with E-state index in [4.69, 9.17) is 25.7 Å². The van der Waals surface area contributed by atoms with Gasteiger partial charge in [-0.25, -0.2) is 14.6 Å². The molecule has 3 amide bonds. The largest absolute Gasteiger partial charge is 0.490 e. The molecule has 3 saturated heterocycles. The number of nitriles is 1. The summed E-state index contributed by atoms with van der Waals surface area (Å²) in [6.45, 7) is 3.88. The molecule has 3 rings (SSSR count). The van der Waals surface area contributed by atoms with Gasteiger partial charge in [-0.3, -0.25) is 10.6 Å². The molecule has 0 unspecified atom stereocenters. The number of amides is 3. The summed E-state index contributed by atoms with van der Waals surface area (Å²) in [5, 5.41) is 17.8. The van der Waals surface area contributed by atoms with Gasteiger partial charge in [0.2, 0.25) is 5.91 Å². The van der Waals surface area contributed by atoms with Crippen molar-refractivity contribution in [3.05, 3.63) is 0 Å². The van der Waals surface area contributed by atoms with Crippen LogP contribution in [0.4, 0.5) is 18.0 Å². The van der Waals surface area contributed by atoms with Crippen LogP contribution in [-0.4, -0.2) is 119 Å². The Kier molecular flexibility index (Phi) is 10.0. The molecule has 11 nitrogen and oxygen atoms in total. The number of hydrazine groups is 1. The highest BCUT2D eigenvalue weighted by Crippen LogP contribution is 2.21. The predicted molar refractivity (Wildman–Crippen MR) is 111 cm³/mol. The molecule has 3 N–H and O–H groups in total. The Balaban J connectivity index is 0.000000479. The van der Waals surface area contributed by atoms with E-state index in [2.05, 4.69) is 6.07 Å². The van der Waals surface area contributed by atoms with Crippen LogP contribution in [0.1, 0.15) is 12.8 Å². The van der Waals surface area contributed by atoms with E-state index in [0.717, 1.165) is 12.8 Å². The number of hydrogen-bond donors (Lipinski definition) is 2. The Morgan fingerprint density at radius 1 is 1.15 bits per heavy atom. The summed E-state index contributed by atoms with van der Waals surface area (Å²) in [5.41, 5.74) is 0. The van der Waals surface area contributed by atoms with Crippen molar-refractivity contribution in [3.8, 4) is 6.07 Å². The highest BCUT2D eigenvalue weighted by Gasteiger charge is 2.38. The SMILES string of the molecule is N#C[C@@H]1CSCN1C(=O)CN(N)C1CCN(C(=O)N2CCOCC2)CC1.O=C(O)C(F)(F)F. The summed E-state index contributed by atoms with van der Waals surface area (Å²) in [6.07, 6.45) is -3.59. The number of thioether (sulfide) groups is 1. The molecule has 3 fully saturated rings. The average molecular weight is 497 g/mol. The zero-order valence-electron chi connectivity index (χ0n) is 17.9. The number of carboxylic acids is 1. The number of rotatable bonds is 3. The molecule has 186 valence electrons. The number of aliphatic carboxylic acids is 1. The van der Waals surface area contributed by atoms with Crippen LogP contribution in [0.25, 0.3) is 0 Å². The van der Waals surface area contributed by atoms with Gasteiger partial charge < -0.3 is 24.5 Å². The van der Waals surface area contributed by atoms with Crippen molar-refractivity contribution in [2.45, 2.75) is 31.1 Å². The molecular formula is C18H27F3N6O5S. The van der Waals surface area contributed by atoms with Crippen LogP contribution in [0.3, 0.4) is 0 Å². The van der Waals surface area contributed by atoms with Gasteiger partial charge in [0.1, 0.15) is 6.04 Å². The maximum absolute atomic E-state index is 12.5. The predicted octanol–water partition coefficient (Wildman–Crippen LogP) is 0.137. The molecule has 0 aromatic heterocycles. The molecule has 0 aromatic rings. The van der Waals surface area contributed by atoms with Crippen molar-refractivity contribution in [2.24, 2.45) is 5.84 Å². The number of ether oxygens (including phenoxy) is 1. The molecule has 0 radical (unpaired) electrons. The van der Waals surface area contributed by atoms with Gasteiger partial charge in [0.05, 0.1) is 31.7 Å². The van der Waals surface area contributed by atoms with Gasteiger partial charge >= 0.3 is 18.2 Å². The Hall–Kier alpha value is -2.28. The normalized spacial score (nSPS) is 21.9. The van der Waals surface area contributed by atoms with Crippen molar-refractivity contribution in [2.75, 3.05) is 57.6 Å². The van der Waals surface area contributed by atoms with Crippen LogP contribution in [0.15, 0.2) is 0 Å². The van der Waals surface area contributed by atoms with Crippen LogP contribution in [0.2, 0.25) is 0 Å². The van der Waals surface area contributed by atoms with Crippen LogP contribution in [0, 0.1) is 11.3 Å². The third-order valence-corrected chi connectivity index (χ3v) is 6.41. The standard InChI is InChI=1S/C16H26N6O3S.C2HF3O2/c17-9-14-11-26-12-21(14)15(23)10-22(18)13-1-3-19(4-2-13)16(24)20-5-7-25-8-6-20;3-2(4,5)1(6)7/h13-14H,1-8,10-12,18H2;(H,6,7)/t14-;/m1./s1. The number of urea groups is 1. The van der Waals surface area contributed by atoms with Crippen LogP contribution >= 0.6 is 11.8 Å². The van der Waals surface area contributed by atoms with Crippen LogP contribution < -0.4 is 5.84 Å². The summed E-state index contributed by atoms with van der Waals surface area (Å²) < 4.78 is 37.0. The van der Waals surface area contributed by atoms with Gasteiger partial charge in [-0.1, -0.05) is 0 Å². The summed E-state index contributed by atoms with van der Waals surface area (Å²) in [6, 6.07) is 1.95. The maximum Gasteiger partial charge on any atom is 0.490 e. The van der Waals surface area contributed by atoms with Crippen LogP contribution in [-0.2, 0) is 14.3 Å². The molecule has 0 aromatic carbocycles. The van der Waals surface area contributed by atoms with E-state index in [0.29, 0.717) is 51.0 Å². The van der Waals surface area contributed by atoms with Gasteiger partial charge in [-0.05, 0) is 12.8 Å². The minimum Gasteiger partial charge on any atom is -0.475 e. The molecule has 3 heterocycles. The lowest BCUT2D eigenvalue weighted by atomic mass is 10.0. The van der Waals surface area contributed by atoms with Gasteiger partial charge in [-0.15, -0.1) is 11.8 Å². The fourth-order valence-corrected chi connectivity index (χ4v) is 4.62. The molecule has 33 heavy (non-hydrogen) atoms. The van der Waals surface area contributed by atoms with E-state index in [1.807, 2.05) is 9.80 Å². The number of likely N-dealkylation sites (tertiary alicyclic amines) is 1. The molecule has 15 heteroatoms.